The SMILES string of the molecule is O=Cc1ccc(/C=C/C=C/[C@@H]2[C@H](/C=C/C=C/c3ccc(C=O)cc3)[C@@H](c3ccc(C=O)cc3)[C@H]2c2ccc(C=O)cc2)cc1. The van der Waals surface area contributed by atoms with Crippen molar-refractivity contribution < 1.29 is 19.2 Å². The number of hydrogen-bond donors (Lipinski definition) is 0. The Balaban J connectivity index is 1.46. The maximum atomic E-state index is 11.3. The largest absolute Gasteiger partial charge is 0.298 e. The van der Waals surface area contributed by atoms with Gasteiger partial charge >= 0.3 is 0 Å². The molecule has 4 heteroatoms. The van der Waals surface area contributed by atoms with Crippen molar-refractivity contribution in [3.63, 3.8) is 0 Å². The molecule has 0 radical (unpaired) electrons. The van der Waals surface area contributed by atoms with Gasteiger partial charge in [-0.05, 0) is 45.9 Å². The molecular weight excluding hydrogens is 544 g/mol. The van der Waals surface area contributed by atoms with Gasteiger partial charge in [-0.25, -0.2) is 0 Å². The third-order valence-electron chi connectivity index (χ3n) is 8.19. The van der Waals surface area contributed by atoms with Crippen LogP contribution in [0.25, 0.3) is 12.2 Å². The molecule has 0 saturated heterocycles. The van der Waals surface area contributed by atoms with E-state index in [4.69, 9.17) is 0 Å². The van der Waals surface area contributed by atoms with Gasteiger partial charge < -0.3 is 0 Å². The minimum Gasteiger partial charge on any atom is -0.298 e. The zero-order valence-corrected chi connectivity index (χ0v) is 24.1. The maximum Gasteiger partial charge on any atom is 0.150 e. The monoisotopic (exact) mass is 576 g/mol. The van der Waals surface area contributed by atoms with Crippen LogP contribution in [-0.2, 0) is 0 Å². The van der Waals surface area contributed by atoms with Crippen molar-refractivity contribution in [3.8, 4) is 0 Å². The Bertz CT molecular complexity index is 1570. The number of aldehydes is 4. The van der Waals surface area contributed by atoms with Gasteiger partial charge in [0, 0.05) is 22.3 Å². The molecule has 1 saturated carbocycles. The highest BCUT2D eigenvalue weighted by Gasteiger charge is 2.48. The van der Waals surface area contributed by atoms with E-state index in [2.05, 4.69) is 24.3 Å². The van der Waals surface area contributed by atoms with Gasteiger partial charge in [-0.1, -0.05) is 146 Å². The zero-order valence-electron chi connectivity index (χ0n) is 24.1. The van der Waals surface area contributed by atoms with Gasteiger partial charge in [0.05, 0.1) is 0 Å². The van der Waals surface area contributed by atoms with Crippen LogP contribution in [0.2, 0.25) is 0 Å². The molecule has 0 heterocycles. The van der Waals surface area contributed by atoms with Crippen molar-refractivity contribution in [3.05, 3.63) is 178 Å². The average Bonchev–Trinajstić information content (AvgIpc) is 3.08. The van der Waals surface area contributed by atoms with E-state index in [1.54, 1.807) is 24.3 Å². The summed E-state index contributed by atoms with van der Waals surface area (Å²) >= 11 is 0. The molecular formula is C40H32O4. The molecule has 0 bridgehead atoms. The van der Waals surface area contributed by atoms with Crippen LogP contribution < -0.4 is 0 Å². The first-order chi connectivity index (χ1) is 21.6. The Hall–Kier alpha value is -5.48. The summed E-state index contributed by atoms with van der Waals surface area (Å²) in [4.78, 5) is 44.6. The number of carbonyl (C=O) groups excluding carboxylic acids is 4. The summed E-state index contributed by atoms with van der Waals surface area (Å²) in [6.07, 6.45) is 20.0. The summed E-state index contributed by atoms with van der Waals surface area (Å²) in [5.41, 5.74) is 6.87. The Labute approximate surface area is 257 Å². The number of benzene rings is 4. The van der Waals surface area contributed by atoms with E-state index >= 15 is 0 Å². The van der Waals surface area contributed by atoms with Crippen LogP contribution in [0.4, 0.5) is 0 Å². The quantitative estimate of drug-likeness (QED) is 0.125. The summed E-state index contributed by atoms with van der Waals surface area (Å²) in [5.74, 6) is 0.658. The summed E-state index contributed by atoms with van der Waals surface area (Å²) in [6.45, 7) is 0. The Morgan fingerprint density at radius 2 is 0.614 bits per heavy atom. The lowest BCUT2D eigenvalue weighted by Crippen LogP contribution is -2.41. The third kappa shape index (κ3) is 7.11. The van der Waals surface area contributed by atoms with Crippen LogP contribution in [0, 0.1) is 11.8 Å². The smallest absolute Gasteiger partial charge is 0.150 e. The van der Waals surface area contributed by atoms with Crippen LogP contribution in [0.1, 0.15) is 75.5 Å². The first kappa shape index (κ1) is 30.0. The Morgan fingerprint density at radius 3 is 0.909 bits per heavy atom. The normalized spacial score (nSPS) is 19.8. The van der Waals surface area contributed by atoms with Gasteiger partial charge in [-0.2, -0.15) is 0 Å². The fourth-order valence-electron chi connectivity index (χ4n) is 5.85. The van der Waals surface area contributed by atoms with Crippen LogP contribution in [0.5, 0.6) is 0 Å². The number of carbonyl (C=O) groups is 4. The van der Waals surface area contributed by atoms with Gasteiger partial charge in [0.2, 0.25) is 0 Å². The van der Waals surface area contributed by atoms with Gasteiger partial charge in [0.1, 0.15) is 25.1 Å². The second kappa shape index (κ2) is 14.6. The van der Waals surface area contributed by atoms with E-state index in [-0.39, 0.29) is 23.7 Å². The molecule has 4 aromatic carbocycles. The van der Waals surface area contributed by atoms with Crippen molar-refractivity contribution in [2.24, 2.45) is 11.8 Å². The highest BCUT2D eigenvalue weighted by molar-refractivity contribution is 5.76. The van der Waals surface area contributed by atoms with E-state index in [1.807, 2.05) is 97.1 Å². The molecule has 0 unspecified atom stereocenters. The van der Waals surface area contributed by atoms with Crippen LogP contribution in [0.3, 0.4) is 0 Å². The molecule has 4 aromatic rings. The highest BCUT2D eigenvalue weighted by atomic mass is 16.1. The van der Waals surface area contributed by atoms with Crippen molar-refractivity contribution in [1.82, 2.24) is 0 Å². The van der Waals surface area contributed by atoms with E-state index in [9.17, 15) is 19.2 Å². The Morgan fingerprint density at radius 1 is 0.341 bits per heavy atom. The summed E-state index contributed by atoms with van der Waals surface area (Å²) < 4.78 is 0. The predicted octanol–water partition coefficient (Wildman–Crippen LogP) is 8.59. The lowest BCUT2D eigenvalue weighted by atomic mass is 9.52. The van der Waals surface area contributed by atoms with Gasteiger partial charge in [-0.15, -0.1) is 0 Å². The second-order valence-corrected chi connectivity index (χ2v) is 10.8. The van der Waals surface area contributed by atoms with E-state index < -0.39 is 0 Å². The van der Waals surface area contributed by atoms with Crippen molar-refractivity contribution in [2.45, 2.75) is 11.8 Å². The Kier molecular flexibility index (Phi) is 9.96. The first-order valence-electron chi connectivity index (χ1n) is 14.5. The average molecular weight is 577 g/mol. The van der Waals surface area contributed by atoms with E-state index in [0.717, 1.165) is 47.4 Å². The van der Waals surface area contributed by atoms with Crippen LogP contribution in [-0.4, -0.2) is 25.1 Å². The highest BCUT2D eigenvalue weighted by Crippen LogP contribution is 2.59. The third-order valence-corrected chi connectivity index (χ3v) is 8.19. The maximum absolute atomic E-state index is 11.3. The van der Waals surface area contributed by atoms with Crippen molar-refractivity contribution >= 4 is 37.3 Å². The van der Waals surface area contributed by atoms with Gasteiger partial charge in [0.15, 0.2) is 0 Å². The molecule has 0 aromatic heterocycles. The van der Waals surface area contributed by atoms with Gasteiger partial charge in [-0.3, -0.25) is 19.2 Å². The molecule has 4 atom stereocenters. The fourth-order valence-corrected chi connectivity index (χ4v) is 5.85. The van der Waals surface area contributed by atoms with Crippen LogP contribution >= 0.6 is 0 Å². The molecule has 0 N–H and O–H groups in total. The lowest BCUT2D eigenvalue weighted by molar-refractivity contribution is 0.111. The second-order valence-electron chi connectivity index (χ2n) is 10.8. The standard InChI is InChI=1S/C40H32O4/c41-25-31-13-9-29(10-14-31)5-1-3-7-37-38(8-4-2-6-30-11-15-32(26-42)16-12-30)40(36-23-19-34(28-44)20-24-36)39(37)35-21-17-33(27-43)18-22-35/h1-28,37-40H/b5-1+,6-2+,7-3+,8-4+/t37-,38+,39+,40-. The molecule has 1 aliphatic rings. The van der Waals surface area contributed by atoms with E-state index in [0.29, 0.717) is 22.3 Å². The molecule has 0 aliphatic heterocycles. The zero-order chi connectivity index (χ0) is 30.7. The molecule has 1 aliphatic carbocycles. The number of rotatable bonds is 12. The molecule has 4 nitrogen and oxygen atoms in total. The molecule has 0 spiro atoms. The summed E-state index contributed by atoms with van der Waals surface area (Å²) in [5, 5.41) is 0. The molecule has 5 rings (SSSR count). The summed E-state index contributed by atoms with van der Waals surface area (Å²) in [7, 11) is 0. The molecule has 1 fully saturated rings. The first-order valence-corrected chi connectivity index (χ1v) is 14.5. The van der Waals surface area contributed by atoms with Crippen molar-refractivity contribution in [1.29, 1.82) is 0 Å². The number of allylic oxidation sites excluding steroid dienone is 6. The minimum absolute atomic E-state index is 0.156. The molecule has 216 valence electrons. The lowest BCUT2D eigenvalue weighted by Gasteiger charge is -2.51. The molecule has 0 amide bonds. The molecule has 44 heavy (non-hydrogen) atoms. The summed E-state index contributed by atoms with van der Waals surface area (Å²) in [6, 6.07) is 30.4. The van der Waals surface area contributed by atoms with Gasteiger partial charge in [0.25, 0.3) is 0 Å². The fraction of sp³-hybridized carbons (Fsp3) is 0.100. The minimum atomic E-state index is 0.156. The predicted molar refractivity (Wildman–Crippen MR) is 176 cm³/mol. The number of hydrogen-bond acceptors (Lipinski definition) is 4. The topological polar surface area (TPSA) is 68.3 Å². The van der Waals surface area contributed by atoms with Crippen molar-refractivity contribution in [2.75, 3.05) is 0 Å². The van der Waals surface area contributed by atoms with E-state index in [1.165, 1.54) is 0 Å². The van der Waals surface area contributed by atoms with Crippen LogP contribution in [0.15, 0.2) is 134 Å².